The zero-order valence-electron chi connectivity index (χ0n) is 5.18. The van der Waals surface area contributed by atoms with Crippen molar-refractivity contribution in [2.75, 3.05) is 0 Å². The number of aliphatic imine (C=N–C) groups is 1. The Morgan fingerprint density at radius 1 is 1.75 bits per heavy atom. The fraction of sp³-hybridized carbons (Fsp3) is 0.600. The van der Waals surface area contributed by atoms with E-state index < -0.39 is 0 Å². The number of nitrogens with one attached hydrogen (secondary N) is 1. The minimum absolute atomic E-state index is 0. The first kappa shape index (κ1) is 8.44. The van der Waals surface area contributed by atoms with Crippen LogP contribution in [0, 0.1) is 6.04 Å². The molecule has 2 nitrogen and oxygen atoms in total. The zero-order chi connectivity index (χ0) is 5.28. The van der Waals surface area contributed by atoms with E-state index in [1.165, 1.54) is 6.04 Å². The van der Waals surface area contributed by atoms with Gasteiger partial charge in [0.15, 0.2) is 0 Å². The molecule has 0 saturated carbocycles. The molecule has 43 valence electrons. The van der Waals surface area contributed by atoms with Gasteiger partial charge in [-0.3, -0.25) is 0 Å². The SMILES string of the molecule is C[C-]1N=CNC1C.[Y]. The summed E-state index contributed by atoms with van der Waals surface area (Å²) in [6.07, 6.45) is 1.74. The Kier molecular flexibility index (Phi) is 3.66. The van der Waals surface area contributed by atoms with Crippen molar-refractivity contribution in [2.45, 2.75) is 19.9 Å². The van der Waals surface area contributed by atoms with E-state index in [2.05, 4.69) is 17.2 Å². The van der Waals surface area contributed by atoms with Crippen molar-refractivity contribution >= 4 is 6.34 Å². The van der Waals surface area contributed by atoms with Crippen LogP contribution in [0.4, 0.5) is 0 Å². The molecule has 0 amide bonds. The molecule has 0 aliphatic carbocycles. The van der Waals surface area contributed by atoms with Crippen molar-refractivity contribution in [3.8, 4) is 0 Å². The fourth-order valence-corrected chi connectivity index (χ4v) is 0.483. The predicted molar refractivity (Wildman–Crippen MR) is 30.0 cm³/mol. The third-order valence-corrected chi connectivity index (χ3v) is 1.22. The average molecular weight is 186 g/mol. The largest absolute Gasteiger partial charge is 0.460 e. The van der Waals surface area contributed by atoms with Crippen molar-refractivity contribution in [1.29, 1.82) is 0 Å². The zero-order valence-corrected chi connectivity index (χ0v) is 8.02. The van der Waals surface area contributed by atoms with Gasteiger partial charge in [0.25, 0.3) is 0 Å². The molecule has 0 spiro atoms. The second kappa shape index (κ2) is 3.47. The van der Waals surface area contributed by atoms with Gasteiger partial charge < -0.3 is 10.3 Å². The monoisotopic (exact) mass is 186 g/mol. The Balaban J connectivity index is 0.000000490. The van der Waals surface area contributed by atoms with Gasteiger partial charge in [-0.2, -0.15) is 0 Å². The molecule has 1 unspecified atom stereocenters. The van der Waals surface area contributed by atoms with Crippen molar-refractivity contribution in [1.82, 2.24) is 5.32 Å². The summed E-state index contributed by atoms with van der Waals surface area (Å²) in [6.45, 7) is 4.10. The van der Waals surface area contributed by atoms with Crippen LogP contribution in [0.1, 0.15) is 13.8 Å². The van der Waals surface area contributed by atoms with Gasteiger partial charge in [-0.15, -0.1) is 6.04 Å². The van der Waals surface area contributed by atoms with E-state index >= 15 is 0 Å². The van der Waals surface area contributed by atoms with E-state index in [-0.39, 0.29) is 32.7 Å². The van der Waals surface area contributed by atoms with Crippen LogP contribution in [0.3, 0.4) is 0 Å². The second-order valence-corrected chi connectivity index (χ2v) is 1.79. The Bertz CT molecular complexity index is 92.4. The maximum Gasteiger partial charge on any atom is 0 e. The van der Waals surface area contributed by atoms with Crippen molar-refractivity contribution in [3.63, 3.8) is 0 Å². The summed E-state index contributed by atoms with van der Waals surface area (Å²) in [6, 6.07) is 1.62. The first-order valence-corrected chi connectivity index (χ1v) is 2.43. The number of hydrogen-bond acceptors (Lipinski definition) is 2. The van der Waals surface area contributed by atoms with Gasteiger partial charge in [-0.25, -0.2) is 0 Å². The summed E-state index contributed by atoms with van der Waals surface area (Å²) in [5.74, 6) is 0. The smallest absolute Gasteiger partial charge is 0 e. The maximum atomic E-state index is 4.00. The average Bonchev–Trinajstić information content (AvgIpc) is 1.91. The molecule has 0 saturated heterocycles. The second-order valence-electron chi connectivity index (χ2n) is 1.79. The maximum absolute atomic E-state index is 4.00. The summed E-state index contributed by atoms with van der Waals surface area (Å²) in [5, 5.41) is 3.04. The number of hydrogen-bond donors (Lipinski definition) is 1. The predicted octanol–water partition coefficient (Wildman–Crippen LogP) is 0.556. The first-order chi connectivity index (χ1) is 3.30. The van der Waals surface area contributed by atoms with Gasteiger partial charge in [0.2, 0.25) is 0 Å². The molecule has 1 N–H and O–H groups in total. The number of rotatable bonds is 0. The van der Waals surface area contributed by atoms with Gasteiger partial charge >= 0.3 is 0 Å². The van der Waals surface area contributed by atoms with E-state index in [1.807, 2.05) is 6.92 Å². The van der Waals surface area contributed by atoms with Gasteiger partial charge in [0.05, 0.1) is 0 Å². The molecule has 1 heterocycles. The molecule has 0 bridgehead atoms. The molecule has 0 aromatic heterocycles. The molecule has 1 radical (unpaired) electrons. The van der Waals surface area contributed by atoms with Gasteiger partial charge in [-0.1, -0.05) is 20.2 Å². The molecule has 3 heteroatoms. The van der Waals surface area contributed by atoms with Crippen LogP contribution in [0.25, 0.3) is 0 Å². The summed E-state index contributed by atoms with van der Waals surface area (Å²) >= 11 is 0. The van der Waals surface area contributed by atoms with Crippen LogP contribution in [-0.4, -0.2) is 12.4 Å². The molecule has 0 fully saturated rings. The van der Waals surface area contributed by atoms with Crippen LogP contribution in [-0.2, 0) is 32.7 Å². The van der Waals surface area contributed by atoms with Gasteiger partial charge in [-0.05, 0) is 6.04 Å². The third-order valence-electron chi connectivity index (χ3n) is 1.22. The van der Waals surface area contributed by atoms with Gasteiger partial charge in [0.1, 0.15) is 0 Å². The van der Waals surface area contributed by atoms with E-state index in [4.69, 9.17) is 0 Å². The molecule has 0 aromatic carbocycles. The summed E-state index contributed by atoms with van der Waals surface area (Å²) < 4.78 is 0. The van der Waals surface area contributed by atoms with Crippen molar-refractivity contribution < 1.29 is 32.7 Å². The third kappa shape index (κ3) is 1.75. The molecule has 8 heavy (non-hydrogen) atoms. The van der Waals surface area contributed by atoms with Crippen LogP contribution in [0.15, 0.2) is 4.99 Å². The van der Waals surface area contributed by atoms with Crippen LogP contribution in [0.5, 0.6) is 0 Å². The van der Waals surface area contributed by atoms with E-state index in [9.17, 15) is 0 Å². The Morgan fingerprint density at radius 3 is 2.50 bits per heavy atom. The molecule has 1 atom stereocenters. The molecule has 1 rings (SSSR count). The Labute approximate surface area is 75.0 Å². The topological polar surface area (TPSA) is 24.4 Å². The summed E-state index contributed by atoms with van der Waals surface area (Å²) in [7, 11) is 0. The minimum atomic E-state index is 0. The molecule has 1 aliphatic rings. The Hall–Kier alpha value is 0.444. The van der Waals surface area contributed by atoms with Crippen LogP contribution >= 0.6 is 0 Å². The molecule has 0 aromatic rings. The van der Waals surface area contributed by atoms with E-state index in [0.717, 1.165) is 0 Å². The molecular weight excluding hydrogens is 177 g/mol. The summed E-state index contributed by atoms with van der Waals surface area (Å²) in [4.78, 5) is 4.00. The normalized spacial score (nSPS) is 24.8. The van der Waals surface area contributed by atoms with Crippen LogP contribution < -0.4 is 5.32 Å². The first-order valence-electron chi connectivity index (χ1n) is 2.43. The van der Waals surface area contributed by atoms with E-state index in [1.54, 1.807) is 6.34 Å². The molecular formula is C5H9N2Y-. The van der Waals surface area contributed by atoms with Crippen molar-refractivity contribution in [2.24, 2.45) is 4.99 Å². The Morgan fingerprint density at radius 2 is 2.38 bits per heavy atom. The minimum Gasteiger partial charge on any atom is -0.460 e. The molecule has 1 aliphatic heterocycles. The van der Waals surface area contributed by atoms with E-state index in [0.29, 0.717) is 6.04 Å². The fourth-order valence-electron chi connectivity index (χ4n) is 0.483. The van der Waals surface area contributed by atoms with Crippen molar-refractivity contribution in [3.05, 3.63) is 6.04 Å². The quantitative estimate of drug-likeness (QED) is 0.549. The number of nitrogens with zero attached hydrogens (tertiary/aromatic N) is 1. The standard InChI is InChI=1S/C5H9N2.Y/c1-4-5(2)7-3-6-4;/h3-4H,1-2H3,(H,6,7);/q-1;. The van der Waals surface area contributed by atoms with Gasteiger partial charge in [0, 0.05) is 32.7 Å². The summed E-state index contributed by atoms with van der Waals surface area (Å²) in [5.41, 5.74) is 0. The van der Waals surface area contributed by atoms with Crippen LogP contribution in [0.2, 0.25) is 0 Å².